The quantitative estimate of drug-likeness (QED) is 0.572. The molecule has 0 atom stereocenters. The number of hydrogen-bond donors (Lipinski definition) is 0. The fourth-order valence-electron chi connectivity index (χ4n) is 2.95. The summed E-state index contributed by atoms with van der Waals surface area (Å²) in [5.41, 5.74) is 2.05. The molecule has 1 amide bonds. The average Bonchev–Trinajstić information content (AvgIpc) is 2.72. The second-order valence-corrected chi connectivity index (χ2v) is 6.29. The molecule has 2 heterocycles. The fourth-order valence-corrected chi connectivity index (χ4v) is 2.95. The highest BCUT2D eigenvalue weighted by molar-refractivity contribution is 5.78. The van der Waals surface area contributed by atoms with Crippen LogP contribution in [-0.4, -0.2) is 53.5 Å². The maximum atomic E-state index is 12.4. The monoisotopic (exact) mass is 370 g/mol. The van der Waals surface area contributed by atoms with Crippen molar-refractivity contribution in [3.05, 3.63) is 58.3 Å². The summed E-state index contributed by atoms with van der Waals surface area (Å²) in [7, 11) is 0. The van der Waals surface area contributed by atoms with Crippen molar-refractivity contribution in [1.29, 1.82) is 0 Å². The van der Waals surface area contributed by atoms with Crippen LogP contribution < -0.4 is 9.64 Å². The Balaban J connectivity index is 1.47. The summed E-state index contributed by atoms with van der Waals surface area (Å²) >= 11 is 0. The largest absolute Gasteiger partial charge is 0.484 e. The first-order valence-corrected chi connectivity index (χ1v) is 8.91. The van der Waals surface area contributed by atoms with Crippen LogP contribution in [0.15, 0.2) is 42.6 Å². The molecular formula is C19H22N4O4. The number of nitrogens with zero attached hydrogens (tertiary/aromatic N) is 4. The third-order valence-electron chi connectivity index (χ3n) is 4.61. The van der Waals surface area contributed by atoms with Crippen LogP contribution in [0, 0.1) is 10.1 Å². The topological polar surface area (TPSA) is 88.8 Å². The number of pyridine rings is 1. The van der Waals surface area contributed by atoms with E-state index < -0.39 is 4.92 Å². The van der Waals surface area contributed by atoms with E-state index in [1.165, 1.54) is 17.8 Å². The van der Waals surface area contributed by atoms with Gasteiger partial charge in [0.25, 0.3) is 5.91 Å². The van der Waals surface area contributed by atoms with Crippen LogP contribution in [0.1, 0.15) is 12.5 Å². The van der Waals surface area contributed by atoms with Crippen LogP contribution in [0.25, 0.3) is 0 Å². The molecule has 1 aromatic carbocycles. The molecule has 0 N–H and O–H groups in total. The van der Waals surface area contributed by atoms with Gasteiger partial charge in [-0.15, -0.1) is 0 Å². The molecular weight excluding hydrogens is 348 g/mol. The van der Waals surface area contributed by atoms with Crippen molar-refractivity contribution in [2.24, 2.45) is 0 Å². The fraction of sp³-hybridized carbons (Fsp3) is 0.368. The van der Waals surface area contributed by atoms with E-state index >= 15 is 0 Å². The van der Waals surface area contributed by atoms with E-state index in [2.05, 4.69) is 16.8 Å². The molecule has 8 nitrogen and oxygen atoms in total. The lowest BCUT2D eigenvalue weighted by molar-refractivity contribution is -0.389. The molecule has 1 fully saturated rings. The van der Waals surface area contributed by atoms with Crippen LogP contribution in [0.3, 0.4) is 0 Å². The maximum absolute atomic E-state index is 12.4. The molecule has 1 aromatic heterocycles. The van der Waals surface area contributed by atoms with Gasteiger partial charge in [-0.25, -0.2) is 0 Å². The van der Waals surface area contributed by atoms with Gasteiger partial charge in [-0.05, 0) is 40.1 Å². The van der Waals surface area contributed by atoms with Gasteiger partial charge in [-0.1, -0.05) is 19.1 Å². The van der Waals surface area contributed by atoms with Crippen molar-refractivity contribution >= 4 is 17.4 Å². The summed E-state index contributed by atoms with van der Waals surface area (Å²) in [6.07, 6.45) is 2.46. The van der Waals surface area contributed by atoms with Crippen LogP contribution in [0.4, 0.5) is 11.5 Å². The van der Waals surface area contributed by atoms with Gasteiger partial charge < -0.3 is 24.7 Å². The van der Waals surface area contributed by atoms with Crippen molar-refractivity contribution in [3.63, 3.8) is 0 Å². The second kappa shape index (κ2) is 8.48. The summed E-state index contributed by atoms with van der Waals surface area (Å²) in [6, 6.07) is 10.8. The molecule has 142 valence electrons. The number of benzene rings is 1. The zero-order valence-electron chi connectivity index (χ0n) is 15.2. The number of hydrogen-bond acceptors (Lipinski definition) is 6. The highest BCUT2D eigenvalue weighted by Crippen LogP contribution is 2.18. The summed E-state index contributed by atoms with van der Waals surface area (Å²) in [6.45, 7) is 4.56. The normalized spacial score (nSPS) is 14.1. The van der Waals surface area contributed by atoms with Crippen LogP contribution in [0.5, 0.6) is 5.75 Å². The molecule has 0 saturated carbocycles. The molecule has 1 saturated heterocycles. The number of carbonyl (C=O) groups excluding carboxylic acids is 1. The highest BCUT2D eigenvalue weighted by atomic mass is 16.6. The van der Waals surface area contributed by atoms with Crippen LogP contribution in [-0.2, 0) is 11.2 Å². The van der Waals surface area contributed by atoms with E-state index in [-0.39, 0.29) is 18.3 Å². The predicted molar refractivity (Wildman–Crippen MR) is 101 cm³/mol. The SMILES string of the molecule is CCc1ccc(OCC(=O)N2CCN(c3ccc([N+](=O)[O-])nc3)CC2)cc1. The van der Waals surface area contributed by atoms with Crippen LogP contribution >= 0.6 is 0 Å². The van der Waals surface area contributed by atoms with Gasteiger partial charge in [-0.3, -0.25) is 4.79 Å². The van der Waals surface area contributed by atoms with Crippen molar-refractivity contribution in [1.82, 2.24) is 9.88 Å². The maximum Gasteiger partial charge on any atom is 0.363 e. The first-order chi connectivity index (χ1) is 13.1. The first-order valence-electron chi connectivity index (χ1n) is 8.91. The lowest BCUT2D eigenvalue weighted by Crippen LogP contribution is -2.50. The summed E-state index contributed by atoms with van der Waals surface area (Å²) in [5.74, 6) is 0.476. The Labute approximate surface area is 157 Å². The van der Waals surface area contributed by atoms with E-state index in [1.807, 2.05) is 24.3 Å². The molecule has 0 spiro atoms. The smallest absolute Gasteiger partial charge is 0.363 e. The van der Waals surface area contributed by atoms with Gasteiger partial charge in [0.05, 0.1) is 5.69 Å². The number of ether oxygens (including phenoxy) is 1. The molecule has 2 aromatic rings. The Morgan fingerprint density at radius 1 is 1.15 bits per heavy atom. The lowest BCUT2D eigenvalue weighted by Gasteiger charge is -2.35. The van der Waals surface area contributed by atoms with Crippen molar-refractivity contribution in [2.45, 2.75) is 13.3 Å². The number of aryl methyl sites for hydroxylation is 1. The Kier molecular flexibility index (Phi) is 5.85. The number of piperazine rings is 1. The van der Waals surface area contributed by atoms with E-state index in [0.29, 0.717) is 31.9 Å². The number of aromatic nitrogens is 1. The van der Waals surface area contributed by atoms with Gasteiger partial charge in [0.15, 0.2) is 12.8 Å². The molecule has 0 unspecified atom stereocenters. The Hall–Kier alpha value is -3.16. The van der Waals surface area contributed by atoms with Crippen molar-refractivity contribution in [3.8, 4) is 5.75 Å². The molecule has 27 heavy (non-hydrogen) atoms. The number of amides is 1. The van der Waals surface area contributed by atoms with Crippen molar-refractivity contribution < 1.29 is 14.5 Å². The number of nitro groups is 1. The van der Waals surface area contributed by atoms with Crippen LogP contribution in [0.2, 0.25) is 0 Å². The molecule has 0 bridgehead atoms. The minimum absolute atomic E-state index is 0.0184. The Bertz CT molecular complexity index is 784. The second-order valence-electron chi connectivity index (χ2n) is 6.29. The van der Waals surface area contributed by atoms with Gasteiger partial charge >= 0.3 is 5.82 Å². The summed E-state index contributed by atoms with van der Waals surface area (Å²) < 4.78 is 5.59. The van der Waals surface area contributed by atoms with E-state index in [4.69, 9.17) is 4.74 Å². The van der Waals surface area contributed by atoms with Gasteiger partial charge in [0.2, 0.25) is 0 Å². The minimum Gasteiger partial charge on any atom is -0.484 e. The van der Waals surface area contributed by atoms with E-state index in [1.54, 1.807) is 11.0 Å². The first kappa shape index (κ1) is 18.6. The molecule has 3 rings (SSSR count). The molecule has 1 aliphatic rings. The van der Waals surface area contributed by atoms with Gasteiger partial charge in [0.1, 0.15) is 5.75 Å². The third kappa shape index (κ3) is 4.72. The number of carbonyl (C=O) groups is 1. The zero-order valence-corrected chi connectivity index (χ0v) is 15.2. The van der Waals surface area contributed by atoms with Gasteiger partial charge in [0, 0.05) is 32.2 Å². The number of rotatable bonds is 6. The molecule has 0 radical (unpaired) electrons. The third-order valence-corrected chi connectivity index (χ3v) is 4.61. The predicted octanol–water partition coefficient (Wildman–Crippen LogP) is 2.28. The zero-order chi connectivity index (χ0) is 19.2. The molecule has 1 aliphatic heterocycles. The van der Waals surface area contributed by atoms with E-state index in [0.717, 1.165) is 12.1 Å². The lowest BCUT2D eigenvalue weighted by atomic mass is 10.2. The van der Waals surface area contributed by atoms with E-state index in [9.17, 15) is 14.9 Å². The minimum atomic E-state index is -0.518. The standard InChI is InChI=1S/C19H22N4O4/c1-2-15-3-6-17(7-4-15)27-14-19(24)22-11-9-21(10-12-22)16-5-8-18(20-13-16)23(25)26/h3-8,13H,2,9-12,14H2,1H3. The molecule has 8 heteroatoms. The van der Waals surface area contributed by atoms with Gasteiger partial charge in [-0.2, -0.15) is 0 Å². The van der Waals surface area contributed by atoms with Crippen molar-refractivity contribution in [2.75, 3.05) is 37.7 Å². The Morgan fingerprint density at radius 2 is 1.85 bits per heavy atom. The summed E-state index contributed by atoms with van der Waals surface area (Å²) in [4.78, 5) is 30.2. The molecule has 0 aliphatic carbocycles. The number of anilines is 1. The highest BCUT2D eigenvalue weighted by Gasteiger charge is 2.22. The Morgan fingerprint density at radius 3 is 2.41 bits per heavy atom. The average molecular weight is 370 g/mol. The summed E-state index contributed by atoms with van der Waals surface area (Å²) in [5, 5.41) is 10.7.